The lowest BCUT2D eigenvalue weighted by Gasteiger charge is -2.05. The van der Waals surface area contributed by atoms with E-state index in [2.05, 4.69) is 17.5 Å². The Morgan fingerprint density at radius 1 is 1.60 bits per heavy atom. The van der Waals surface area contributed by atoms with E-state index in [1.807, 2.05) is 6.92 Å². The van der Waals surface area contributed by atoms with Gasteiger partial charge in [-0.05, 0) is 12.5 Å². The highest BCUT2D eigenvalue weighted by Crippen LogP contribution is 2.25. The molecule has 1 aliphatic rings. The summed E-state index contributed by atoms with van der Waals surface area (Å²) in [4.78, 5) is 0. The second-order valence-corrected chi connectivity index (χ2v) is 2.44. The fraction of sp³-hybridized carbons (Fsp3) is 0.250. The first-order chi connectivity index (χ1) is 4.88. The van der Waals surface area contributed by atoms with Crippen LogP contribution in [-0.2, 0) is 0 Å². The summed E-state index contributed by atoms with van der Waals surface area (Å²) in [5, 5.41) is 3.13. The van der Waals surface area contributed by atoms with Crippen molar-refractivity contribution in [3.63, 3.8) is 0 Å². The third-order valence-corrected chi connectivity index (χ3v) is 1.69. The number of fused-ring (bicyclic) bond motifs is 1. The zero-order valence-electron chi connectivity index (χ0n) is 5.85. The molecule has 0 radical (unpaired) electrons. The highest BCUT2D eigenvalue weighted by Gasteiger charge is 2.08. The molecule has 52 valence electrons. The van der Waals surface area contributed by atoms with Gasteiger partial charge in [-0.25, -0.2) is 0 Å². The number of anilines is 1. The van der Waals surface area contributed by atoms with Gasteiger partial charge < -0.3 is 9.73 Å². The van der Waals surface area contributed by atoms with Crippen molar-refractivity contribution in [2.75, 3.05) is 11.9 Å². The van der Waals surface area contributed by atoms with Crippen LogP contribution in [0.5, 0.6) is 0 Å². The molecule has 1 aliphatic heterocycles. The molecule has 2 heteroatoms. The summed E-state index contributed by atoms with van der Waals surface area (Å²) in [6.45, 7) is 2.92. The van der Waals surface area contributed by atoms with Crippen LogP contribution in [0.3, 0.4) is 0 Å². The summed E-state index contributed by atoms with van der Waals surface area (Å²) in [6, 6.07) is 0. The third kappa shape index (κ3) is 0.652. The molecule has 0 saturated heterocycles. The molecule has 10 heavy (non-hydrogen) atoms. The fourth-order valence-electron chi connectivity index (χ4n) is 1.13. The van der Waals surface area contributed by atoms with Gasteiger partial charge in [-0.3, -0.25) is 0 Å². The van der Waals surface area contributed by atoms with Crippen molar-refractivity contribution >= 4 is 12.0 Å². The van der Waals surface area contributed by atoms with Crippen LogP contribution in [0.4, 0.5) is 5.88 Å². The third-order valence-electron chi connectivity index (χ3n) is 1.69. The summed E-state index contributed by atoms with van der Waals surface area (Å²) in [5.41, 5.74) is 2.38. The molecule has 0 aromatic carbocycles. The minimum absolute atomic E-state index is 0.875. The van der Waals surface area contributed by atoms with Crippen LogP contribution in [0, 0.1) is 6.92 Å². The molecule has 2 nitrogen and oxygen atoms in total. The maximum Gasteiger partial charge on any atom is 0.200 e. The molecular formula is C8H9NO. The molecular weight excluding hydrogens is 126 g/mol. The maximum atomic E-state index is 5.22. The van der Waals surface area contributed by atoms with Gasteiger partial charge in [0, 0.05) is 12.1 Å². The Morgan fingerprint density at radius 3 is 3.30 bits per heavy atom. The van der Waals surface area contributed by atoms with Gasteiger partial charge in [-0.1, -0.05) is 12.2 Å². The quantitative estimate of drug-likeness (QED) is 0.588. The lowest BCUT2D eigenvalue weighted by Crippen LogP contribution is -2.01. The minimum atomic E-state index is 0.875. The summed E-state index contributed by atoms with van der Waals surface area (Å²) in [5.74, 6) is 0.903. The van der Waals surface area contributed by atoms with E-state index in [1.165, 1.54) is 11.1 Å². The second-order valence-electron chi connectivity index (χ2n) is 2.44. The Kier molecular flexibility index (Phi) is 1.07. The van der Waals surface area contributed by atoms with E-state index in [4.69, 9.17) is 4.42 Å². The largest absolute Gasteiger partial charge is 0.448 e. The highest BCUT2D eigenvalue weighted by molar-refractivity contribution is 5.68. The normalized spacial score (nSPS) is 14.5. The molecule has 0 saturated carbocycles. The molecule has 0 aliphatic carbocycles. The number of aryl methyl sites for hydroxylation is 1. The maximum absolute atomic E-state index is 5.22. The Morgan fingerprint density at radius 2 is 2.50 bits per heavy atom. The Hall–Kier alpha value is -1.18. The number of hydrogen-bond acceptors (Lipinski definition) is 2. The Balaban J connectivity index is 2.57. The van der Waals surface area contributed by atoms with Crippen LogP contribution in [0.25, 0.3) is 6.08 Å². The second kappa shape index (κ2) is 1.90. The predicted molar refractivity (Wildman–Crippen MR) is 41.0 cm³/mol. The van der Waals surface area contributed by atoms with E-state index in [1.54, 1.807) is 6.26 Å². The highest BCUT2D eigenvalue weighted by atomic mass is 16.3. The SMILES string of the molecule is Cc1coc2c1C=CCN2. The van der Waals surface area contributed by atoms with Crippen LogP contribution in [0.2, 0.25) is 0 Å². The van der Waals surface area contributed by atoms with Crippen molar-refractivity contribution in [2.45, 2.75) is 6.92 Å². The molecule has 1 aromatic rings. The van der Waals surface area contributed by atoms with Gasteiger partial charge in [-0.15, -0.1) is 0 Å². The van der Waals surface area contributed by atoms with Crippen LogP contribution < -0.4 is 5.32 Å². The molecule has 0 bridgehead atoms. The molecule has 0 spiro atoms. The molecule has 1 N–H and O–H groups in total. The number of furan rings is 1. The van der Waals surface area contributed by atoms with E-state index in [-0.39, 0.29) is 0 Å². The van der Waals surface area contributed by atoms with Crippen molar-refractivity contribution in [3.8, 4) is 0 Å². The molecule has 0 unspecified atom stereocenters. The van der Waals surface area contributed by atoms with Crippen molar-refractivity contribution in [3.05, 3.63) is 23.5 Å². The molecule has 0 amide bonds. The summed E-state index contributed by atoms with van der Waals surface area (Å²) in [7, 11) is 0. The van der Waals surface area contributed by atoms with Gasteiger partial charge in [0.1, 0.15) is 0 Å². The van der Waals surface area contributed by atoms with E-state index in [9.17, 15) is 0 Å². The van der Waals surface area contributed by atoms with Gasteiger partial charge in [-0.2, -0.15) is 0 Å². The standard InChI is InChI=1S/C8H9NO/c1-6-5-10-8-7(6)3-2-4-9-8/h2-3,5,9H,4H2,1H3. The first-order valence-corrected chi connectivity index (χ1v) is 3.36. The average molecular weight is 135 g/mol. The molecule has 2 heterocycles. The van der Waals surface area contributed by atoms with Crippen LogP contribution >= 0.6 is 0 Å². The first-order valence-electron chi connectivity index (χ1n) is 3.36. The monoisotopic (exact) mass is 135 g/mol. The summed E-state index contributed by atoms with van der Waals surface area (Å²) in [6.07, 6.45) is 5.95. The van der Waals surface area contributed by atoms with E-state index >= 15 is 0 Å². The topological polar surface area (TPSA) is 25.2 Å². The molecule has 0 atom stereocenters. The Bertz CT molecular complexity index is 273. The summed E-state index contributed by atoms with van der Waals surface area (Å²) >= 11 is 0. The van der Waals surface area contributed by atoms with E-state index < -0.39 is 0 Å². The van der Waals surface area contributed by atoms with Gasteiger partial charge in [0.2, 0.25) is 0 Å². The fourth-order valence-corrected chi connectivity index (χ4v) is 1.13. The van der Waals surface area contributed by atoms with E-state index in [0.29, 0.717) is 0 Å². The molecule has 2 rings (SSSR count). The van der Waals surface area contributed by atoms with Crippen molar-refractivity contribution in [2.24, 2.45) is 0 Å². The van der Waals surface area contributed by atoms with Crippen LogP contribution in [-0.4, -0.2) is 6.54 Å². The van der Waals surface area contributed by atoms with Crippen LogP contribution in [0.1, 0.15) is 11.1 Å². The smallest absolute Gasteiger partial charge is 0.200 e. The Labute approximate surface area is 59.5 Å². The van der Waals surface area contributed by atoms with Crippen molar-refractivity contribution < 1.29 is 4.42 Å². The van der Waals surface area contributed by atoms with E-state index in [0.717, 1.165) is 12.4 Å². The minimum Gasteiger partial charge on any atom is -0.448 e. The molecule has 0 fully saturated rings. The lowest BCUT2D eigenvalue weighted by molar-refractivity contribution is 0.578. The van der Waals surface area contributed by atoms with Crippen molar-refractivity contribution in [1.29, 1.82) is 0 Å². The average Bonchev–Trinajstić information content (AvgIpc) is 2.34. The number of nitrogens with one attached hydrogen (secondary N) is 1. The number of rotatable bonds is 0. The first kappa shape index (κ1) is 5.59. The van der Waals surface area contributed by atoms with Gasteiger partial charge in [0.15, 0.2) is 5.88 Å². The van der Waals surface area contributed by atoms with Crippen molar-refractivity contribution in [1.82, 2.24) is 0 Å². The van der Waals surface area contributed by atoms with Gasteiger partial charge >= 0.3 is 0 Å². The van der Waals surface area contributed by atoms with Gasteiger partial charge in [0.25, 0.3) is 0 Å². The molecule has 1 aromatic heterocycles. The zero-order chi connectivity index (χ0) is 6.97. The number of hydrogen-bond donors (Lipinski definition) is 1. The zero-order valence-corrected chi connectivity index (χ0v) is 5.85. The van der Waals surface area contributed by atoms with Crippen LogP contribution in [0.15, 0.2) is 16.8 Å². The van der Waals surface area contributed by atoms with Gasteiger partial charge in [0.05, 0.1) is 6.26 Å². The predicted octanol–water partition coefficient (Wildman–Crippen LogP) is 2.03. The summed E-state index contributed by atoms with van der Waals surface area (Å²) < 4.78 is 5.22. The lowest BCUT2D eigenvalue weighted by atomic mass is 10.1.